The number of hydrogen-bond acceptors (Lipinski definition) is 2. The van der Waals surface area contributed by atoms with E-state index < -0.39 is 0 Å². The predicted molar refractivity (Wildman–Crippen MR) is 60.2 cm³/mol. The van der Waals surface area contributed by atoms with E-state index in [4.69, 9.17) is 6.42 Å². The average Bonchev–Trinajstić information content (AvgIpc) is 2.68. The molecule has 0 aromatic rings. The number of fused-ring (bicyclic) bond motifs is 1. The number of carbonyl (C=O) groups is 2. The first-order valence-electron chi connectivity index (χ1n) is 5.80. The Morgan fingerprint density at radius 2 is 1.81 bits per heavy atom. The minimum atomic E-state index is -0.0938. The molecule has 1 aliphatic carbocycles. The van der Waals surface area contributed by atoms with Gasteiger partial charge in [0.15, 0.2) is 0 Å². The van der Waals surface area contributed by atoms with Crippen LogP contribution < -0.4 is 0 Å². The molecule has 86 valence electrons. The van der Waals surface area contributed by atoms with Crippen molar-refractivity contribution < 1.29 is 9.59 Å². The third-order valence-corrected chi connectivity index (χ3v) is 3.84. The summed E-state index contributed by atoms with van der Waals surface area (Å²) in [6.07, 6.45) is 7.56. The standard InChI is InChI=1S/C13H17NO2/c1-4-5-6-7-8-14-11(15)9-10(12(14)16)13(9,2)3/h1,9-10H,5-8H2,2-3H3. The Hall–Kier alpha value is -1.30. The molecular weight excluding hydrogens is 202 g/mol. The topological polar surface area (TPSA) is 37.4 Å². The quantitative estimate of drug-likeness (QED) is 0.407. The summed E-state index contributed by atoms with van der Waals surface area (Å²) in [5, 5.41) is 0. The lowest BCUT2D eigenvalue weighted by Gasteiger charge is -2.20. The highest BCUT2D eigenvalue weighted by Gasteiger charge is 2.72. The number of likely N-dealkylation sites (tertiary alicyclic amines) is 1. The second kappa shape index (κ2) is 3.62. The van der Waals surface area contributed by atoms with Gasteiger partial charge in [-0.2, -0.15) is 0 Å². The Bertz CT molecular complexity index is 354. The normalized spacial score (nSPS) is 30.2. The molecule has 0 N–H and O–H groups in total. The molecule has 3 nitrogen and oxygen atoms in total. The van der Waals surface area contributed by atoms with Gasteiger partial charge in [0.2, 0.25) is 11.8 Å². The molecule has 2 atom stereocenters. The molecule has 1 saturated heterocycles. The van der Waals surface area contributed by atoms with Gasteiger partial charge in [-0.15, -0.1) is 12.3 Å². The van der Waals surface area contributed by atoms with E-state index in [1.165, 1.54) is 4.90 Å². The minimum Gasteiger partial charge on any atom is -0.282 e. The molecule has 1 aliphatic heterocycles. The summed E-state index contributed by atoms with van der Waals surface area (Å²) in [6, 6.07) is 0. The number of unbranched alkanes of at least 4 members (excludes halogenated alkanes) is 2. The van der Waals surface area contributed by atoms with Crippen molar-refractivity contribution in [3.63, 3.8) is 0 Å². The highest BCUT2D eigenvalue weighted by atomic mass is 16.2. The van der Waals surface area contributed by atoms with Gasteiger partial charge in [0.25, 0.3) is 0 Å². The molecule has 3 heteroatoms. The van der Waals surface area contributed by atoms with Crippen LogP contribution in [-0.2, 0) is 9.59 Å². The summed E-state index contributed by atoms with van der Waals surface area (Å²) < 4.78 is 0. The number of carbonyl (C=O) groups excluding carboxylic acids is 2. The highest BCUT2D eigenvalue weighted by Crippen LogP contribution is 2.63. The van der Waals surface area contributed by atoms with Crippen LogP contribution in [-0.4, -0.2) is 23.3 Å². The Kier molecular flexibility index (Phi) is 2.53. The van der Waals surface area contributed by atoms with Gasteiger partial charge in [-0.1, -0.05) is 13.8 Å². The van der Waals surface area contributed by atoms with E-state index in [0.29, 0.717) is 13.0 Å². The number of amides is 2. The van der Waals surface area contributed by atoms with Gasteiger partial charge in [0.05, 0.1) is 11.8 Å². The Morgan fingerprint density at radius 1 is 1.25 bits per heavy atom. The van der Waals surface area contributed by atoms with Gasteiger partial charge in [-0.3, -0.25) is 14.5 Å². The predicted octanol–water partition coefficient (Wildman–Crippen LogP) is 1.43. The maximum absolute atomic E-state index is 11.9. The van der Waals surface area contributed by atoms with Crippen molar-refractivity contribution in [3.8, 4) is 12.3 Å². The first-order valence-corrected chi connectivity index (χ1v) is 5.80. The van der Waals surface area contributed by atoms with Gasteiger partial charge in [-0.05, 0) is 18.3 Å². The molecule has 0 spiro atoms. The third kappa shape index (κ3) is 1.44. The first kappa shape index (κ1) is 11.2. The van der Waals surface area contributed by atoms with Crippen molar-refractivity contribution in [3.05, 3.63) is 0 Å². The molecule has 1 heterocycles. The number of rotatable bonds is 4. The average molecular weight is 219 g/mol. The fourth-order valence-corrected chi connectivity index (χ4v) is 2.72. The second-order valence-electron chi connectivity index (χ2n) is 5.27. The van der Waals surface area contributed by atoms with E-state index >= 15 is 0 Å². The summed E-state index contributed by atoms with van der Waals surface area (Å²) in [4.78, 5) is 25.2. The van der Waals surface area contributed by atoms with Crippen molar-refractivity contribution >= 4 is 11.8 Å². The van der Waals surface area contributed by atoms with E-state index in [-0.39, 0.29) is 29.1 Å². The second-order valence-corrected chi connectivity index (χ2v) is 5.27. The summed E-state index contributed by atoms with van der Waals surface area (Å²) in [7, 11) is 0. The monoisotopic (exact) mass is 219 g/mol. The number of nitrogens with zero attached hydrogens (tertiary/aromatic N) is 1. The number of piperidine rings is 1. The molecule has 16 heavy (non-hydrogen) atoms. The van der Waals surface area contributed by atoms with Gasteiger partial charge in [0.1, 0.15) is 0 Å². The van der Waals surface area contributed by atoms with Crippen LogP contribution in [0.1, 0.15) is 33.1 Å². The van der Waals surface area contributed by atoms with E-state index in [2.05, 4.69) is 5.92 Å². The van der Waals surface area contributed by atoms with Crippen molar-refractivity contribution in [1.82, 2.24) is 4.90 Å². The van der Waals surface area contributed by atoms with Gasteiger partial charge in [0, 0.05) is 13.0 Å². The van der Waals surface area contributed by atoms with Crippen molar-refractivity contribution in [2.24, 2.45) is 17.3 Å². The van der Waals surface area contributed by atoms with Crippen LogP contribution in [0.2, 0.25) is 0 Å². The number of imide groups is 1. The van der Waals surface area contributed by atoms with Crippen LogP contribution in [0.5, 0.6) is 0 Å². The third-order valence-electron chi connectivity index (χ3n) is 3.84. The smallest absolute Gasteiger partial charge is 0.233 e. The van der Waals surface area contributed by atoms with E-state index in [0.717, 1.165) is 12.8 Å². The summed E-state index contributed by atoms with van der Waals surface area (Å²) in [5.41, 5.74) is -0.0938. The molecule has 2 fully saturated rings. The lowest BCUT2D eigenvalue weighted by Crippen LogP contribution is -2.36. The lowest BCUT2D eigenvalue weighted by atomic mass is 10.1. The fraction of sp³-hybridized carbons (Fsp3) is 0.692. The highest BCUT2D eigenvalue weighted by molar-refractivity contribution is 6.10. The van der Waals surface area contributed by atoms with Crippen LogP contribution in [0, 0.1) is 29.6 Å². The van der Waals surface area contributed by atoms with Gasteiger partial charge < -0.3 is 0 Å². The maximum Gasteiger partial charge on any atom is 0.233 e. The fourth-order valence-electron chi connectivity index (χ4n) is 2.72. The van der Waals surface area contributed by atoms with Crippen LogP contribution in [0.15, 0.2) is 0 Å². The zero-order chi connectivity index (χ0) is 11.9. The molecule has 0 bridgehead atoms. The molecule has 2 unspecified atom stereocenters. The first-order chi connectivity index (χ1) is 7.51. The van der Waals surface area contributed by atoms with E-state index in [1.807, 2.05) is 13.8 Å². The minimum absolute atomic E-state index is 0.0284. The maximum atomic E-state index is 11.9. The molecule has 2 aliphatic rings. The van der Waals surface area contributed by atoms with Crippen molar-refractivity contribution in [2.45, 2.75) is 33.1 Å². The van der Waals surface area contributed by atoms with Gasteiger partial charge in [-0.25, -0.2) is 0 Å². The van der Waals surface area contributed by atoms with Crippen molar-refractivity contribution in [2.75, 3.05) is 6.54 Å². The van der Waals surface area contributed by atoms with Crippen molar-refractivity contribution in [1.29, 1.82) is 0 Å². The number of hydrogen-bond donors (Lipinski definition) is 0. The van der Waals surface area contributed by atoms with Crippen LogP contribution in [0.3, 0.4) is 0 Å². The zero-order valence-corrected chi connectivity index (χ0v) is 9.82. The zero-order valence-electron chi connectivity index (χ0n) is 9.82. The molecule has 1 saturated carbocycles. The van der Waals surface area contributed by atoms with Crippen LogP contribution in [0.25, 0.3) is 0 Å². The summed E-state index contributed by atoms with van der Waals surface area (Å²) >= 11 is 0. The van der Waals surface area contributed by atoms with Crippen LogP contribution in [0.4, 0.5) is 0 Å². The lowest BCUT2D eigenvalue weighted by molar-refractivity contribution is -0.143. The van der Waals surface area contributed by atoms with E-state index in [1.54, 1.807) is 0 Å². The Balaban J connectivity index is 1.89. The van der Waals surface area contributed by atoms with E-state index in [9.17, 15) is 9.59 Å². The molecule has 0 aromatic carbocycles. The molecular formula is C13H17NO2. The number of terminal acetylenes is 1. The molecule has 0 aromatic heterocycles. The van der Waals surface area contributed by atoms with Gasteiger partial charge >= 0.3 is 0 Å². The van der Waals surface area contributed by atoms with Crippen LogP contribution >= 0.6 is 0 Å². The SMILES string of the molecule is C#CCCCCN1C(=O)C2C(C1=O)C2(C)C. The molecule has 2 amide bonds. The Labute approximate surface area is 96.2 Å². The molecule has 0 radical (unpaired) electrons. The molecule has 2 rings (SSSR count). The Morgan fingerprint density at radius 3 is 2.31 bits per heavy atom. The summed E-state index contributed by atoms with van der Waals surface area (Å²) in [5.74, 6) is 2.52. The summed E-state index contributed by atoms with van der Waals surface area (Å²) in [6.45, 7) is 4.53. The largest absolute Gasteiger partial charge is 0.282 e.